The lowest BCUT2D eigenvalue weighted by Crippen LogP contribution is -2.31. The number of methoxy groups -OCH3 is 3. The van der Waals surface area contributed by atoms with Gasteiger partial charge in [0.15, 0.2) is 23.0 Å². The van der Waals surface area contributed by atoms with Gasteiger partial charge < -0.3 is 33.7 Å². The second-order valence-electron chi connectivity index (χ2n) is 6.71. The molecular weight excluding hydrogens is 474 g/mol. The third-order valence-electron chi connectivity index (χ3n) is 5.06. The molecule has 31 heavy (non-hydrogen) atoms. The number of hydrogen-bond donors (Lipinski definition) is 1. The summed E-state index contributed by atoms with van der Waals surface area (Å²) in [6.07, 6.45) is -0.573. The molecule has 0 saturated heterocycles. The topological polar surface area (TPSA) is 102 Å². The van der Waals surface area contributed by atoms with Crippen molar-refractivity contribution < 1.29 is 38.0 Å². The highest BCUT2D eigenvalue weighted by molar-refractivity contribution is 9.10. The van der Waals surface area contributed by atoms with Crippen LogP contribution in [0.5, 0.6) is 28.7 Å². The van der Waals surface area contributed by atoms with E-state index in [0.29, 0.717) is 41.5 Å². The van der Waals surface area contributed by atoms with Crippen LogP contribution in [0.15, 0.2) is 22.7 Å². The smallest absolute Gasteiger partial charge is 0.343 e. The number of fused-ring (bicyclic) bond motifs is 2. The molecule has 9 nitrogen and oxygen atoms in total. The second-order valence-corrected chi connectivity index (χ2v) is 7.50. The Labute approximate surface area is 186 Å². The fourth-order valence-electron chi connectivity index (χ4n) is 3.60. The van der Waals surface area contributed by atoms with Gasteiger partial charge in [-0.15, -0.1) is 0 Å². The fourth-order valence-corrected chi connectivity index (χ4v) is 4.21. The van der Waals surface area contributed by atoms with Gasteiger partial charge in [0.1, 0.15) is 5.56 Å². The molecule has 2 aliphatic rings. The van der Waals surface area contributed by atoms with E-state index in [1.165, 1.54) is 14.2 Å². The number of nitrogens with one attached hydrogen (secondary N) is 1. The highest BCUT2D eigenvalue weighted by atomic mass is 79.9. The summed E-state index contributed by atoms with van der Waals surface area (Å²) in [5, 5.41) is 2.81. The maximum atomic E-state index is 12.8. The number of halogens is 1. The van der Waals surface area contributed by atoms with Crippen molar-refractivity contribution in [2.24, 2.45) is 0 Å². The maximum absolute atomic E-state index is 12.8. The number of amides is 1. The van der Waals surface area contributed by atoms with Gasteiger partial charge in [-0.1, -0.05) is 0 Å². The predicted molar refractivity (Wildman–Crippen MR) is 111 cm³/mol. The first kappa shape index (κ1) is 21.1. The van der Waals surface area contributed by atoms with E-state index in [1.54, 1.807) is 19.2 Å². The van der Waals surface area contributed by atoms with Crippen molar-refractivity contribution in [3.8, 4) is 28.7 Å². The van der Waals surface area contributed by atoms with Crippen LogP contribution in [0.2, 0.25) is 0 Å². The standard InChI is InChI=1S/C21H20BrNO8/c1-26-12-5-4-11-14(17(12)28-3)21(25)31-16(11)20(24)23-7-6-10-8-13(27-2)18-19(15(10)22)30-9-29-18/h4-5,8,16H,6-7,9H2,1-3H3,(H,23,24). The Morgan fingerprint density at radius 1 is 1.13 bits per heavy atom. The van der Waals surface area contributed by atoms with E-state index in [0.717, 1.165) is 10.0 Å². The molecule has 1 N–H and O–H groups in total. The minimum atomic E-state index is -1.06. The number of carbonyl (C=O) groups excluding carboxylic acids is 2. The number of rotatable bonds is 7. The molecule has 2 aromatic rings. The minimum absolute atomic E-state index is 0.116. The van der Waals surface area contributed by atoms with Gasteiger partial charge in [0.2, 0.25) is 18.6 Å². The quantitative estimate of drug-likeness (QED) is 0.587. The molecule has 0 fully saturated rings. The van der Waals surface area contributed by atoms with Gasteiger partial charge >= 0.3 is 5.97 Å². The molecule has 0 aromatic heterocycles. The van der Waals surface area contributed by atoms with Crippen molar-refractivity contribution >= 4 is 27.8 Å². The van der Waals surface area contributed by atoms with Gasteiger partial charge in [-0.2, -0.15) is 0 Å². The molecule has 2 heterocycles. The summed E-state index contributed by atoms with van der Waals surface area (Å²) in [5.74, 6) is 1.24. The zero-order chi connectivity index (χ0) is 22.1. The first-order chi connectivity index (χ1) is 15.0. The van der Waals surface area contributed by atoms with Crippen molar-refractivity contribution in [2.45, 2.75) is 12.5 Å². The van der Waals surface area contributed by atoms with Crippen molar-refractivity contribution in [1.82, 2.24) is 5.32 Å². The van der Waals surface area contributed by atoms with E-state index >= 15 is 0 Å². The molecule has 164 valence electrons. The van der Waals surface area contributed by atoms with Crippen molar-refractivity contribution in [1.29, 1.82) is 0 Å². The van der Waals surface area contributed by atoms with Crippen LogP contribution in [0.1, 0.15) is 27.6 Å². The van der Waals surface area contributed by atoms with E-state index in [4.69, 9.17) is 28.4 Å². The SMILES string of the molecule is COc1cc(CCNC(=O)C2OC(=O)c3c2ccc(OC)c3OC)c(Br)c2c1OCO2. The van der Waals surface area contributed by atoms with E-state index in [-0.39, 0.29) is 18.1 Å². The summed E-state index contributed by atoms with van der Waals surface area (Å²) < 4.78 is 32.8. The normalized spacial score (nSPS) is 15.9. The minimum Gasteiger partial charge on any atom is -0.493 e. The zero-order valence-electron chi connectivity index (χ0n) is 17.1. The summed E-state index contributed by atoms with van der Waals surface area (Å²) in [4.78, 5) is 25.1. The number of carbonyl (C=O) groups is 2. The second kappa shape index (κ2) is 8.54. The number of hydrogen-bond acceptors (Lipinski definition) is 8. The van der Waals surface area contributed by atoms with Crippen LogP contribution >= 0.6 is 15.9 Å². The Morgan fingerprint density at radius 3 is 2.58 bits per heavy atom. The Bertz CT molecular complexity index is 1050. The first-order valence-electron chi connectivity index (χ1n) is 9.38. The molecule has 0 spiro atoms. The summed E-state index contributed by atoms with van der Waals surface area (Å²) in [6, 6.07) is 5.09. The molecule has 0 saturated carbocycles. The van der Waals surface area contributed by atoms with E-state index < -0.39 is 18.0 Å². The summed E-state index contributed by atoms with van der Waals surface area (Å²) in [7, 11) is 4.44. The lowest BCUT2D eigenvalue weighted by Gasteiger charge is -2.14. The first-order valence-corrected chi connectivity index (χ1v) is 10.2. The van der Waals surface area contributed by atoms with Gasteiger partial charge in [-0.05, 0) is 46.1 Å². The lowest BCUT2D eigenvalue weighted by atomic mass is 10.0. The highest BCUT2D eigenvalue weighted by Gasteiger charge is 2.39. The van der Waals surface area contributed by atoms with Gasteiger partial charge in [0.25, 0.3) is 5.91 Å². The van der Waals surface area contributed by atoms with Crippen LogP contribution in [0.4, 0.5) is 0 Å². The Morgan fingerprint density at radius 2 is 1.87 bits per heavy atom. The van der Waals surface area contributed by atoms with Crippen molar-refractivity contribution in [3.05, 3.63) is 39.4 Å². The fraction of sp³-hybridized carbons (Fsp3) is 0.333. The molecule has 0 radical (unpaired) electrons. The summed E-state index contributed by atoms with van der Waals surface area (Å²) in [6.45, 7) is 0.419. The van der Waals surface area contributed by atoms with E-state index in [9.17, 15) is 9.59 Å². The van der Waals surface area contributed by atoms with Crippen LogP contribution in [-0.2, 0) is 16.0 Å². The average Bonchev–Trinajstić information content (AvgIpc) is 3.40. The Hall–Kier alpha value is -3.14. The Kier molecular flexibility index (Phi) is 5.81. The highest BCUT2D eigenvalue weighted by Crippen LogP contribution is 2.48. The predicted octanol–water partition coefficient (Wildman–Crippen LogP) is 2.77. The molecule has 4 rings (SSSR count). The van der Waals surface area contributed by atoms with E-state index in [2.05, 4.69) is 21.2 Å². The van der Waals surface area contributed by atoms with Gasteiger partial charge in [0, 0.05) is 12.1 Å². The third-order valence-corrected chi connectivity index (χ3v) is 5.93. The molecule has 10 heteroatoms. The number of ether oxygens (including phenoxy) is 6. The van der Waals surface area contributed by atoms with Crippen LogP contribution in [0.3, 0.4) is 0 Å². The van der Waals surface area contributed by atoms with Gasteiger partial charge in [-0.3, -0.25) is 4.79 Å². The molecule has 2 aliphatic heterocycles. The Balaban J connectivity index is 1.48. The van der Waals surface area contributed by atoms with Crippen LogP contribution in [-0.4, -0.2) is 46.5 Å². The molecule has 2 aromatic carbocycles. The van der Waals surface area contributed by atoms with Crippen molar-refractivity contribution in [3.63, 3.8) is 0 Å². The van der Waals surface area contributed by atoms with Crippen molar-refractivity contribution in [2.75, 3.05) is 34.7 Å². The van der Waals surface area contributed by atoms with E-state index in [1.807, 2.05) is 6.07 Å². The van der Waals surface area contributed by atoms with Crippen LogP contribution in [0, 0.1) is 0 Å². The monoisotopic (exact) mass is 493 g/mol. The largest absolute Gasteiger partial charge is 0.493 e. The molecule has 0 bridgehead atoms. The molecule has 1 atom stereocenters. The summed E-state index contributed by atoms with van der Waals surface area (Å²) in [5.41, 5.74) is 1.51. The van der Waals surface area contributed by atoms with Crippen LogP contribution in [0.25, 0.3) is 0 Å². The summed E-state index contributed by atoms with van der Waals surface area (Å²) >= 11 is 3.52. The van der Waals surface area contributed by atoms with Gasteiger partial charge in [-0.25, -0.2) is 4.79 Å². The zero-order valence-corrected chi connectivity index (χ0v) is 18.7. The molecular formula is C21H20BrNO8. The third kappa shape index (κ3) is 3.60. The molecule has 0 aliphatic carbocycles. The molecule has 1 amide bonds. The number of esters is 1. The average molecular weight is 494 g/mol. The van der Waals surface area contributed by atoms with Crippen LogP contribution < -0.4 is 29.0 Å². The maximum Gasteiger partial charge on any atom is 0.343 e. The molecule has 1 unspecified atom stereocenters. The van der Waals surface area contributed by atoms with Gasteiger partial charge in [0.05, 0.1) is 25.8 Å². The number of benzene rings is 2. The number of cyclic esters (lactones) is 1. The lowest BCUT2D eigenvalue weighted by molar-refractivity contribution is -0.129.